The van der Waals surface area contributed by atoms with Gasteiger partial charge < -0.3 is 0 Å². The molecule has 120 valence electrons. The molecule has 0 aliphatic rings. The molecule has 0 bridgehead atoms. The van der Waals surface area contributed by atoms with Gasteiger partial charge >= 0.3 is 0 Å². The molecule has 0 aliphatic carbocycles. The smallest absolute Gasteiger partial charge is 0.244 e. The molecule has 0 aromatic carbocycles. The summed E-state index contributed by atoms with van der Waals surface area (Å²) in [4.78, 5) is 4.43. The molecular formula is C15H22N4O2S. The van der Waals surface area contributed by atoms with Crippen molar-refractivity contribution in [2.75, 3.05) is 0 Å². The molecule has 0 amide bonds. The van der Waals surface area contributed by atoms with Crippen LogP contribution in [0, 0.1) is 5.92 Å². The van der Waals surface area contributed by atoms with Crippen LogP contribution in [0.2, 0.25) is 0 Å². The third kappa shape index (κ3) is 3.72. The number of hydrogen-bond donors (Lipinski definition) is 1. The monoisotopic (exact) mass is 322 g/mol. The van der Waals surface area contributed by atoms with Crippen molar-refractivity contribution < 1.29 is 8.42 Å². The Bertz CT molecular complexity index is 708. The van der Waals surface area contributed by atoms with E-state index >= 15 is 0 Å². The van der Waals surface area contributed by atoms with Crippen molar-refractivity contribution in [3.05, 3.63) is 42.5 Å². The predicted molar refractivity (Wildman–Crippen MR) is 84.7 cm³/mol. The molecule has 0 saturated carbocycles. The van der Waals surface area contributed by atoms with Gasteiger partial charge in [-0.05, 0) is 31.9 Å². The highest BCUT2D eigenvalue weighted by molar-refractivity contribution is 7.89. The van der Waals surface area contributed by atoms with Crippen LogP contribution in [0.4, 0.5) is 0 Å². The van der Waals surface area contributed by atoms with Crippen molar-refractivity contribution in [2.45, 2.75) is 44.7 Å². The zero-order chi connectivity index (χ0) is 16.3. The molecule has 1 N–H and O–H groups in total. The van der Waals surface area contributed by atoms with Gasteiger partial charge in [0.1, 0.15) is 4.90 Å². The van der Waals surface area contributed by atoms with Crippen LogP contribution in [-0.2, 0) is 10.0 Å². The molecule has 2 rings (SSSR count). The van der Waals surface area contributed by atoms with Crippen LogP contribution in [0.1, 0.15) is 45.5 Å². The molecule has 6 nitrogen and oxygen atoms in total. The van der Waals surface area contributed by atoms with Gasteiger partial charge in [0.2, 0.25) is 10.0 Å². The van der Waals surface area contributed by atoms with Gasteiger partial charge in [0.15, 0.2) is 0 Å². The Kier molecular flexibility index (Phi) is 4.97. The SMILES string of the molecule is CC(C)[C@@H](NS(=O)(=O)c1cnn(C(C)C)c1)c1ccccn1. The van der Waals surface area contributed by atoms with Crippen LogP contribution in [0.3, 0.4) is 0 Å². The summed E-state index contributed by atoms with van der Waals surface area (Å²) in [6.45, 7) is 7.81. The minimum Gasteiger partial charge on any atom is -0.269 e. The Morgan fingerprint density at radius 1 is 1.18 bits per heavy atom. The van der Waals surface area contributed by atoms with Crippen molar-refractivity contribution in [3.8, 4) is 0 Å². The number of aromatic nitrogens is 3. The van der Waals surface area contributed by atoms with E-state index in [1.807, 2.05) is 45.9 Å². The third-order valence-electron chi connectivity index (χ3n) is 3.37. The molecule has 0 fully saturated rings. The summed E-state index contributed by atoms with van der Waals surface area (Å²) < 4.78 is 29.5. The minimum absolute atomic E-state index is 0.0739. The highest BCUT2D eigenvalue weighted by atomic mass is 32.2. The van der Waals surface area contributed by atoms with Gasteiger partial charge in [0.25, 0.3) is 0 Å². The van der Waals surface area contributed by atoms with Gasteiger partial charge in [-0.25, -0.2) is 13.1 Å². The maximum Gasteiger partial charge on any atom is 0.244 e. The Morgan fingerprint density at radius 3 is 2.41 bits per heavy atom. The molecule has 2 aromatic heterocycles. The topological polar surface area (TPSA) is 76.9 Å². The Morgan fingerprint density at radius 2 is 1.91 bits per heavy atom. The third-order valence-corrected chi connectivity index (χ3v) is 4.77. The van der Waals surface area contributed by atoms with Gasteiger partial charge in [-0.3, -0.25) is 9.67 Å². The average molecular weight is 322 g/mol. The summed E-state index contributed by atoms with van der Waals surface area (Å²) in [7, 11) is -3.64. The molecule has 2 aromatic rings. The molecule has 22 heavy (non-hydrogen) atoms. The molecule has 0 unspecified atom stereocenters. The average Bonchev–Trinajstić information content (AvgIpc) is 2.96. The highest BCUT2D eigenvalue weighted by Gasteiger charge is 2.26. The fourth-order valence-corrected chi connectivity index (χ4v) is 3.37. The Balaban J connectivity index is 2.28. The number of sulfonamides is 1. The molecule has 0 saturated heterocycles. The van der Waals surface area contributed by atoms with Gasteiger partial charge in [-0.2, -0.15) is 5.10 Å². The van der Waals surface area contributed by atoms with E-state index in [0.717, 1.165) is 0 Å². The number of hydrogen-bond acceptors (Lipinski definition) is 4. The first-order valence-electron chi connectivity index (χ1n) is 7.28. The first-order chi connectivity index (χ1) is 10.3. The van der Waals surface area contributed by atoms with E-state index in [1.165, 1.54) is 6.20 Å². The normalized spacial score (nSPS) is 13.7. The highest BCUT2D eigenvalue weighted by Crippen LogP contribution is 2.22. The number of pyridine rings is 1. The van der Waals surface area contributed by atoms with Crippen LogP contribution in [0.25, 0.3) is 0 Å². The lowest BCUT2D eigenvalue weighted by atomic mass is 10.0. The molecule has 1 atom stereocenters. The first-order valence-corrected chi connectivity index (χ1v) is 8.77. The zero-order valence-electron chi connectivity index (χ0n) is 13.3. The lowest BCUT2D eigenvalue weighted by molar-refractivity contribution is 0.454. The summed E-state index contributed by atoms with van der Waals surface area (Å²) in [6.07, 6.45) is 4.58. The first kappa shape index (κ1) is 16.6. The van der Waals surface area contributed by atoms with Gasteiger partial charge in [0.05, 0.1) is 17.9 Å². The fraction of sp³-hybridized carbons (Fsp3) is 0.467. The van der Waals surface area contributed by atoms with Crippen LogP contribution in [-0.4, -0.2) is 23.2 Å². The van der Waals surface area contributed by atoms with Crippen LogP contribution in [0.5, 0.6) is 0 Å². The predicted octanol–water partition coefficient (Wildman–Crippen LogP) is 2.53. The van der Waals surface area contributed by atoms with E-state index in [1.54, 1.807) is 17.1 Å². The van der Waals surface area contributed by atoms with E-state index in [9.17, 15) is 8.42 Å². The summed E-state index contributed by atoms with van der Waals surface area (Å²) in [6, 6.07) is 5.21. The lowest BCUT2D eigenvalue weighted by Crippen LogP contribution is -2.32. The largest absolute Gasteiger partial charge is 0.269 e. The molecule has 2 heterocycles. The van der Waals surface area contributed by atoms with E-state index in [-0.39, 0.29) is 22.9 Å². The molecule has 7 heteroatoms. The quantitative estimate of drug-likeness (QED) is 0.886. The van der Waals surface area contributed by atoms with Crippen molar-refractivity contribution in [2.24, 2.45) is 5.92 Å². The summed E-state index contributed by atoms with van der Waals surface area (Å²) in [5, 5.41) is 4.09. The Labute approximate surface area is 131 Å². The van der Waals surface area contributed by atoms with Crippen molar-refractivity contribution >= 4 is 10.0 Å². The van der Waals surface area contributed by atoms with Crippen molar-refractivity contribution in [3.63, 3.8) is 0 Å². The second-order valence-electron chi connectivity index (χ2n) is 5.85. The summed E-state index contributed by atoms with van der Waals surface area (Å²) >= 11 is 0. The summed E-state index contributed by atoms with van der Waals surface area (Å²) in [5.74, 6) is 0.0739. The van der Waals surface area contributed by atoms with Gasteiger partial charge in [-0.1, -0.05) is 19.9 Å². The van der Waals surface area contributed by atoms with E-state index < -0.39 is 10.0 Å². The molecule has 0 radical (unpaired) electrons. The van der Waals surface area contributed by atoms with E-state index in [2.05, 4.69) is 14.8 Å². The van der Waals surface area contributed by atoms with Gasteiger partial charge in [0, 0.05) is 18.4 Å². The maximum absolute atomic E-state index is 12.6. The second-order valence-corrected chi connectivity index (χ2v) is 7.56. The van der Waals surface area contributed by atoms with Crippen molar-refractivity contribution in [1.29, 1.82) is 0 Å². The lowest BCUT2D eigenvalue weighted by Gasteiger charge is -2.21. The molecular weight excluding hydrogens is 300 g/mol. The van der Waals surface area contributed by atoms with Crippen molar-refractivity contribution in [1.82, 2.24) is 19.5 Å². The maximum atomic E-state index is 12.6. The second kappa shape index (κ2) is 6.58. The Hall–Kier alpha value is -1.73. The van der Waals surface area contributed by atoms with E-state index in [4.69, 9.17) is 0 Å². The van der Waals surface area contributed by atoms with Gasteiger partial charge in [-0.15, -0.1) is 0 Å². The minimum atomic E-state index is -3.64. The van der Waals surface area contributed by atoms with Crippen LogP contribution >= 0.6 is 0 Å². The zero-order valence-corrected chi connectivity index (χ0v) is 14.1. The number of nitrogens with one attached hydrogen (secondary N) is 1. The summed E-state index contributed by atoms with van der Waals surface area (Å²) in [5.41, 5.74) is 0.706. The number of nitrogens with zero attached hydrogens (tertiary/aromatic N) is 3. The standard InChI is InChI=1S/C15H22N4O2S/c1-11(2)15(14-7-5-6-8-16-14)18-22(20,21)13-9-17-19(10-13)12(3)4/h5-12,15,18H,1-4H3/t15-/m1/s1. The molecule has 0 aliphatic heterocycles. The van der Waals surface area contributed by atoms with Crippen LogP contribution < -0.4 is 4.72 Å². The number of rotatable bonds is 6. The fourth-order valence-electron chi connectivity index (χ4n) is 2.07. The van der Waals surface area contributed by atoms with Crippen LogP contribution in [0.15, 0.2) is 41.7 Å². The molecule has 0 spiro atoms. The van der Waals surface area contributed by atoms with E-state index in [0.29, 0.717) is 5.69 Å².